The number of rotatable bonds is 12. The van der Waals surface area contributed by atoms with Crippen LogP contribution in [0.4, 0.5) is 0 Å². The number of hydrogen-bond donors (Lipinski definition) is 0. The number of phosphoric acid groups is 1. The first kappa shape index (κ1) is 32.0. The van der Waals surface area contributed by atoms with E-state index in [4.69, 9.17) is 13.6 Å². The quantitative estimate of drug-likeness (QED) is 0.174. The minimum Gasteiger partial charge on any atom is -0.329 e. The number of phosphoric ester groups is 1. The maximum atomic E-state index is 13.3. The highest BCUT2D eigenvalue weighted by Crippen LogP contribution is 2.69. The van der Waals surface area contributed by atoms with Crippen LogP contribution in [0.2, 0.25) is 0 Å². The number of fused-ring (bicyclic) bond motifs is 5. The molecule has 0 bridgehead atoms. The highest BCUT2D eigenvalue weighted by atomic mass is 31.2. The Kier molecular flexibility index (Phi) is 10.1. The average molecular weight is 569 g/mol. The Morgan fingerprint density at radius 3 is 2.26 bits per heavy atom. The van der Waals surface area contributed by atoms with Crippen molar-refractivity contribution in [2.45, 2.75) is 118 Å². The first-order chi connectivity index (χ1) is 18.2. The molecule has 6 heteroatoms. The van der Waals surface area contributed by atoms with Crippen LogP contribution in [0.15, 0.2) is 0 Å². The van der Waals surface area contributed by atoms with Crippen molar-refractivity contribution in [1.82, 2.24) is 0 Å². The van der Waals surface area contributed by atoms with Gasteiger partial charge in [-0.25, -0.2) is 4.57 Å². The Morgan fingerprint density at radius 2 is 1.59 bits per heavy atom. The molecule has 4 rings (SSSR count). The zero-order valence-electron chi connectivity index (χ0n) is 27.0. The lowest BCUT2D eigenvalue weighted by Gasteiger charge is -2.61. The van der Waals surface area contributed by atoms with Gasteiger partial charge in [0.05, 0.1) is 27.2 Å². The molecule has 0 amide bonds. The number of nitrogens with zero attached hydrogens (tertiary/aromatic N) is 1. The van der Waals surface area contributed by atoms with Crippen LogP contribution in [0.5, 0.6) is 0 Å². The molecule has 0 N–H and O–H groups in total. The van der Waals surface area contributed by atoms with Gasteiger partial charge in [0.2, 0.25) is 0 Å². The molecule has 0 heterocycles. The van der Waals surface area contributed by atoms with Crippen molar-refractivity contribution < 1.29 is 22.6 Å². The van der Waals surface area contributed by atoms with Crippen molar-refractivity contribution in [2.75, 3.05) is 41.4 Å². The molecule has 4 saturated carbocycles. The van der Waals surface area contributed by atoms with Gasteiger partial charge in [-0.2, -0.15) is 0 Å². The second-order valence-electron chi connectivity index (χ2n) is 16.2. The molecule has 228 valence electrons. The van der Waals surface area contributed by atoms with E-state index in [0.29, 0.717) is 23.4 Å². The van der Waals surface area contributed by atoms with Gasteiger partial charge in [-0.15, -0.1) is 0 Å². The van der Waals surface area contributed by atoms with Crippen molar-refractivity contribution in [3.8, 4) is 0 Å². The molecule has 4 fully saturated rings. The van der Waals surface area contributed by atoms with E-state index in [2.05, 4.69) is 55.8 Å². The Bertz CT molecular complexity index is 857. The summed E-state index contributed by atoms with van der Waals surface area (Å²) in [4.78, 5) is 0. The Morgan fingerprint density at radius 1 is 0.897 bits per heavy atom. The van der Waals surface area contributed by atoms with E-state index in [9.17, 15) is 4.57 Å². The zero-order valence-corrected chi connectivity index (χ0v) is 27.9. The molecule has 4 aliphatic carbocycles. The first-order valence-corrected chi connectivity index (χ1v) is 18.0. The number of likely N-dealkylation sites (N-methyl/N-ethyl adjacent to an activating group) is 1. The van der Waals surface area contributed by atoms with E-state index in [-0.39, 0.29) is 6.10 Å². The summed E-state index contributed by atoms with van der Waals surface area (Å²) in [6.07, 6.45) is 15.8. The second kappa shape index (κ2) is 12.4. The number of hydrogen-bond acceptors (Lipinski definition) is 4. The summed E-state index contributed by atoms with van der Waals surface area (Å²) in [6.45, 7) is 13.8. The molecular formula is C33H63NO4P+. The smallest absolute Gasteiger partial charge is 0.329 e. The van der Waals surface area contributed by atoms with Crippen molar-refractivity contribution in [1.29, 1.82) is 0 Å². The lowest BCUT2D eigenvalue weighted by atomic mass is 9.44. The highest BCUT2D eigenvalue weighted by Gasteiger charge is 2.60. The fraction of sp³-hybridized carbons (Fsp3) is 1.00. The SMILES string of the molecule is COP(=O)(OCC[N+](C)(C)C)O[C@H]1CC[C@@]2(C)C(CCC3C2CC[C@@]2(C)C3CC[C@@H]2[C@H](C)CCCC(C)C)C1. The van der Waals surface area contributed by atoms with Crippen LogP contribution in [-0.4, -0.2) is 52.0 Å². The summed E-state index contributed by atoms with van der Waals surface area (Å²) in [5.74, 6) is 5.95. The van der Waals surface area contributed by atoms with Crippen molar-refractivity contribution in [2.24, 2.45) is 52.3 Å². The summed E-state index contributed by atoms with van der Waals surface area (Å²) in [7, 11) is 4.26. The monoisotopic (exact) mass is 568 g/mol. The van der Waals surface area contributed by atoms with Crippen LogP contribution in [0, 0.1) is 52.3 Å². The predicted octanol–water partition coefficient (Wildman–Crippen LogP) is 8.97. The van der Waals surface area contributed by atoms with Crippen LogP contribution in [0.25, 0.3) is 0 Å². The van der Waals surface area contributed by atoms with Gasteiger partial charge in [-0.1, -0.05) is 53.9 Å². The Labute approximate surface area is 241 Å². The summed E-state index contributed by atoms with van der Waals surface area (Å²) in [5, 5.41) is 0. The van der Waals surface area contributed by atoms with Crippen LogP contribution in [0.1, 0.15) is 112 Å². The van der Waals surface area contributed by atoms with Gasteiger partial charge in [0, 0.05) is 7.11 Å². The third kappa shape index (κ3) is 7.01. The Balaban J connectivity index is 1.36. The third-order valence-corrected chi connectivity index (χ3v) is 13.8. The highest BCUT2D eigenvalue weighted by molar-refractivity contribution is 7.48. The summed E-state index contributed by atoms with van der Waals surface area (Å²) in [5.41, 5.74) is 0.947. The lowest BCUT2D eigenvalue weighted by molar-refractivity contribution is -0.870. The molecule has 0 aromatic carbocycles. The van der Waals surface area contributed by atoms with Gasteiger partial charge < -0.3 is 4.48 Å². The second-order valence-corrected chi connectivity index (χ2v) is 17.9. The summed E-state index contributed by atoms with van der Waals surface area (Å²) >= 11 is 0. The van der Waals surface area contributed by atoms with Gasteiger partial charge in [0.1, 0.15) is 13.2 Å². The predicted molar refractivity (Wildman–Crippen MR) is 161 cm³/mol. The summed E-state index contributed by atoms with van der Waals surface area (Å²) in [6, 6.07) is 0. The normalized spacial score (nSPS) is 41.0. The van der Waals surface area contributed by atoms with E-state index >= 15 is 0 Å². The maximum absolute atomic E-state index is 13.3. The molecule has 5 unspecified atom stereocenters. The molecule has 5 nitrogen and oxygen atoms in total. The van der Waals surface area contributed by atoms with Crippen LogP contribution in [0.3, 0.4) is 0 Å². The van der Waals surface area contributed by atoms with Gasteiger partial charge in [0.15, 0.2) is 0 Å². The topological polar surface area (TPSA) is 44.8 Å². The van der Waals surface area contributed by atoms with Gasteiger partial charge in [0.25, 0.3) is 0 Å². The van der Waals surface area contributed by atoms with Crippen molar-refractivity contribution >= 4 is 7.82 Å². The van der Waals surface area contributed by atoms with Crippen molar-refractivity contribution in [3.63, 3.8) is 0 Å². The van der Waals surface area contributed by atoms with Gasteiger partial charge in [-0.05, 0) is 110 Å². The lowest BCUT2D eigenvalue weighted by Crippen LogP contribution is -2.54. The molecule has 0 radical (unpaired) electrons. The molecule has 39 heavy (non-hydrogen) atoms. The Hall–Kier alpha value is 0.0700. The zero-order chi connectivity index (χ0) is 28.6. The maximum Gasteiger partial charge on any atom is 0.474 e. The van der Waals surface area contributed by atoms with E-state index in [1.807, 2.05) is 0 Å². The molecule has 0 saturated heterocycles. The van der Waals surface area contributed by atoms with Crippen LogP contribution < -0.4 is 0 Å². The fourth-order valence-electron chi connectivity index (χ4n) is 10.1. The summed E-state index contributed by atoms with van der Waals surface area (Å²) < 4.78 is 31.2. The van der Waals surface area contributed by atoms with E-state index in [1.165, 1.54) is 71.3 Å². The minimum absolute atomic E-state index is 0.0223. The molecular weight excluding hydrogens is 505 g/mol. The van der Waals surface area contributed by atoms with Gasteiger partial charge >= 0.3 is 7.82 Å². The molecule has 0 aliphatic heterocycles. The van der Waals surface area contributed by atoms with Crippen LogP contribution in [-0.2, 0) is 18.1 Å². The molecule has 0 aromatic heterocycles. The molecule has 4 aliphatic rings. The molecule has 0 spiro atoms. The number of quaternary nitrogens is 1. The van der Waals surface area contributed by atoms with Crippen LogP contribution >= 0.6 is 7.82 Å². The fourth-order valence-corrected chi connectivity index (χ4v) is 11.2. The third-order valence-electron chi connectivity index (χ3n) is 12.3. The minimum atomic E-state index is -3.52. The van der Waals surface area contributed by atoms with E-state index in [0.717, 1.165) is 59.4 Å². The standard InChI is InChI=1S/C33H63NO4P/c1-24(2)11-10-12-25(3)29-15-16-30-28-14-13-26-23-27(38-39(35,36-9)37-22-21-34(6,7)8)17-19-32(26,4)31(28)18-20-33(29,30)5/h24-31H,10-23H2,1-9H3/q+1/t25-,26?,27+,28?,29-,30?,31?,32+,33-,39?/m1/s1. The average Bonchev–Trinajstić information content (AvgIpc) is 3.20. The largest absolute Gasteiger partial charge is 0.474 e. The van der Waals surface area contributed by atoms with E-state index in [1.54, 1.807) is 0 Å². The molecule has 10 atom stereocenters. The molecule has 0 aromatic rings. The van der Waals surface area contributed by atoms with Crippen molar-refractivity contribution in [3.05, 3.63) is 0 Å². The first-order valence-electron chi connectivity index (χ1n) is 16.5. The van der Waals surface area contributed by atoms with Gasteiger partial charge in [-0.3, -0.25) is 13.6 Å². The van der Waals surface area contributed by atoms with E-state index < -0.39 is 7.82 Å².